The van der Waals surface area contributed by atoms with Gasteiger partial charge in [0.25, 0.3) is 0 Å². The molecule has 0 bridgehead atoms. The normalized spacial score (nSPS) is 13.9. The van der Waals surface area contributed by atoms with Gasteiger partial charge < -0.3 is 0 Å². The van der Waals surface area contributed by atoms with Crippen molar-refractivity contribution in [3.8, 4) is 0 Å². The van der Waals surface area contributed by atoms with Gasteiger partial charge in [0.1, 0.15) is 0 Å². The lowest BCUT2D eigenvalue weighted by Gasteiger charge is -2.17. The Morgan fingerprint density at radius 2 is 1.94 bits per heavy atom. The topological polar surface area (TPSA) is 46.2 Å². The van der Waals surface area contributed by atoms with Crippen LogP contribution in [0, 0.1) is 5.92 Å². The van der Waals surface area contributed by atoms with E-state index in [-0.39, 0.29) is 17.7 Å². The predicted molar refractivity (Wildman–Crippen MR) is 74.2 cm³/mol. The Hall–Kier alpha value is -0.390. The zero-order valence-corrected chi connectivity index (χ0v) is 12.7. The van der Waals surface area contributed by atoms with E-state index in [1.165, 1.54) is 0 Å². The molecule has 1 aromatic carbocycles. The second kappa shape index (κ2) is 5.98. The lowest BCUT2D eigenvalue weighted by atomic mass is 10.1. The average molecular weight is 320 g/mol. The molecule has 0 amide bonds. The van der Waals surface area contributed by atoms with E-state index in [9.17, 15) is 8.42 Å². The average Bonchev–Trinajstić information content (AvgIpc) is 2.15. The van der Waals surface area contributed by atoms with Crippen LogP contribution in [0.4, 0.5) is 0 Å². The smallest absolute Gasteiger partial charge is 0.212 e. The van der Waals surface area contributed by atoms with E-state index in [1.807, 2.05) is 45.0 Å². The predicted octanol–water partition coefficient (Wildman–Crippen LogP) is 2.91. The van der Waals surface area contributed by atoms with Crippen LogP contribution >= 0.6 is 15.9 Å². The van der Waals surface area contributed by atoms with Crippen LogP contribution in [0.15, 0.2) is 28.7 Å². The standard InChI is InChI=1S/C12H18BrNO2S/c1-9(2)10(3)14-17(15,16)8-11-5-4-6-12(13)7-11/h4-7,9-10,14H,8H2,1-3H3/t10-/m0/s1. The van der Waals surface area contributed by atoms with Crippen LogP contribution in [0.1, 0.15) is 26.3 Å². The molecule has 0 heterocycles. The van der Waals surface area contributed by atoms with Crippen LogP contribution in [0.2, 0.25) is 0 Å². The van der Waals surface area contributed by atoms with Crippen molar-refractivity contribution in [1.82, 2.24) is 4.72 Å². The Morgan fingerprint density at radius 3 is 2.47 bits per heavy atom. The van der Waals surface area contributed by atoms with E-state index in [2.05, 4.69) is 20.7 Å². The Kier molecular flexibility index (Phi) is 5.16. The van der Waals surface area contributed by atoms with E-state index in [4.69, 9.17) is 0 Å². The first kappa shape index (κ1) is 14.7. The van der Waals surface area contributed by atoms with Gasteiger partial charge in [0, 0.05) is 10.5 Å². The van der Waals surface area contributed by atoms with E-state index in [0.717, 1.165) is 10.0 Å². The summed E-state index contributed by atoms with van der Waals surface area (Å²) in [4.78, 5) is 0. The first-order valence-electron chi connectivity index (χ1n) is 5.54. The van der Waals surface area contributed by atoms with Gasteiger partial charge in [-0.05, 0) is 30.5 Å². The second-order valence-electron chi connectivity index (χ2n) is 4.54. The van der Waals surface area contributed by atoms with Gasteiger partial charge in [-0.3, -0.25) is 0 Å². The highest BCUT2D eigenvalue weighted by Gasteiger charge is 2.17. The Labute approximate surface area is 112 Å². The summed E-state index contributed by atoms with van der Waals surface area (Å²) in [7, 11) is -3.27. The highest BCUT2D eigenvalue weighted by atomic mass is 79.9. The molecule has 1 atom stereocenters. The molecular weight excluding hydrogens is 302 g/mol. The van der Waals surface area contributed by atoms with Gasteiger partial charge in [-0.15, -0.1) is 0 Å². The molecule has 0 radical (unpaired) electrons. The Bertz CT molecular complexity index is 471. The fourth-order valence-corrected chi connectivity index (χ4v) is 3.29. The molecule has 96 valence electrons. The molecule has 0 spiro atoms. The summed E-state index contributed by atoms with van der Waals surface area (Å²) in [5.74, 6) is 0.302. The Balaban J connectivity index is 2.73. The summed E-state index contributed by atoms with van der Waals surface area (Å²) < 4.78 is 27.4. The van der Waals surface area contributed by atoms with E-state index in [0.29, 0.717) is 0 Å². The molecular formula is C12H18BrNO2S. The quantitative estimate of drug-likeness (QED) is 0.907. The minimum Gasteiger partial charge on any atom is -0.212 e. The highest BCUT2D eigenvalue weighted by molar-refractivity contribution is 9.10. The van der Waals surface area contributed by atoms with Crippen LogP contribution in [-0.4, -0.2) is 14.5 Å². The van der Waals surface area contributed by atoms with Crippen molar-refractivity contribution in [1.29, 1.82) is 0 Å². The summed E-state index contributed by atoms with van der Waals surface area (Å²) in [5.41, 5.74) is 0.780. The lowest BCUT2D eigenvalue weighted by molar-refractivity contribution is 0.476. The maximum Gasteiger partial charge on any atom is 0.216 e. The van der Waals surface area contributed by atoms with Gasteiger partial charge in [0.05, 0.1) is 5.75 Å². The summed E-state index contributed by atoms with van der Waals surface area (Å²) in [6.07, 6.45) is 0. The van der Waals surface area contributed by atoms with Gasteiger partial charge in [-0.25, -0.2) is 13.1 Å². The molecule has 0 saturated carbocycles. The molecule has 1 N–H and O–H groups in total. The summed E-state index contributed by atoms with van der Waals surface area (Å²) in [5, 5.41) is 0. The summed E-state index contributed by atoms with van der Waals surface area (Å²) >= 11 is 3.33. The van der Waals surface area contributed by atoms with E-state index >= 15 is 0 Å². The second-order valence-corrected chi connectivity index (χ2v) is 7.21. The zero-order valence-electron chi connectivity index (χ0n) is 10.3. The molecule has 1 rings (SSSR count). The van der Waals surface area contributed by atoms with Gasteiger partial charge in [-0.2, -0.15) is 0 Å². The van der Waals surface area contributed by atoms with Crippen LogP contribution in [0.5, 0.6) is 0 Å². The molecule has 1 aromatic rings. The van der Waals surface area contributed by atoms with Crippen molar-refractivity contribution in [3.05, 3.63) is 34.3 Å². The maximum atomic E-state index is 11.9. The number of sulfonamides is 1. The highest BCUT2D eigenvalue weighted by Crippen LogP contribution is 2.14. The van der Waals surface area contributed by atoms with Gasteiger partial charge in [-0.1, -0.05) is 41.9 Å². The molecule has 0 aliphatic rings. The van der Waals surface area contributed by atoms with Crippen molar-refractivity contribution in [2.24, 2.45) is 5.92 Å². The van der Waals surface area contributed by atoms with E-state index < -0.39 is 10.0 Å². The SMILES string of the molecule is CC(C)[C@H](C)NS(=O)(=O)Cc1cccc(Br)c1. The van der Waals surface area contributed by atoms with Crippen molar-refractivity contribution >= 4 is 26.0 Å². The third kappa shape index (κ3) is 5.19. The molecule has 0 saturated heterocycles. The number of nitrogens with one attached hydrogen (secondary N) is 1. The lowest BCUT2D eigenvalue weighted by Crippen LogP contribution is -2.36. The zero-order chi connectivity index (χ0) is 13.1. The van der Waals surface area contributed by atoms with Crippen LogP contribution in [0.25, 0.3) is 0 Å². The van der Waals surface area contributed by atoms with Gasteiger partial charge in [0.15, 0.2) is 0 Å². The van der Waals surface area contributed by atoms with Crippen LogP contribution in [0.3, 0.4) is 0 Å². The van der Waals surface area contributed by atoms with Crippen molar-refractivity contribution in [2.75, 3.05) is 0 Å². The molecule has 0 fully saturated rings. The monoisotopic (exact) mass is 319 g/mol. The molecule has 0 unspecified atom stereocenters. The fraction of sp³-hybridized carbons (Fsp3) is 0.500. The minimum atomic E-state index is -3.27. The van der Waals surface area contributed by atoms with Crippen LogP contribution < -0.4 is 4.72 Å². The summed E-state index contributed by atoms with van der Waals surface area (Å²) in [6.45, 7) is 5.86. The molecule has 5 heteroatoms. The third-order valence-corrected chi connectivity index (χ3v) is 4.55. The largest absolute Gasteiger partial charge is 0.216 e. The Morgan fingerprint density at radius 1 is 1.29 bits per heavy atom. The minimum absolute atomic E-state index is 0.0174. The number of halogens is 1. The molecule has 17 heavy (non-hydrogen) atoms. The maximum absolute atomic E-state index is 11.9. The van der Waals surface area contributed by atoms with Crippen LogP contribution in [-0.2, 0) is 15.8 Å². The fourth-order valence-electron chi connectivity index (χ4n) is 1.31. The van der Waals surface area contributed by atoms with E-state index in [1.54, 1.807) is 0 Å². The number of rotatable bonds is 5. The number of hydrogen-bond donors (Lipinski definition) is 1. The summed E-state index contributed by atoms with van der Waals surface area (Å²) in [6, 6.07) is 7.29. The molecule has 3 nitrogen and oxygen atoms in total. The first-order chi connectivity index (χ1) is 7.80. The number of benzene rings is 1. The van der Waals surface area contributed by atoms with Gasteiger partial charge >= 0.3 is 0 Å². The van der Waals surface area contributed by atoms with Crippen molar-refractivity contribution < 1.29 is 8.42 Å². The van der Waals surface area contributed by atoms with Gasteiger partial charge in [0.2, 0.25) is 10.0 Å². The van der Waals surface area contributed by atoms with Crippen molar-refractivity contribution in [3.63, 3.8) is 0 Å². The third-order valence-electron chi connectivity index (χ3n) is 2.61. The van der Waals surface area contributed by atoms with Crippen molar-refractivity contribution in [2.45, 2.75) is 32.6 Å². The molecule has 0 aromatic heterocycles. The molecule has 0 aliphatic carbocycles. The first-order valence-corrected chi connectivity index (χ1v) is 7.99. The number of hydrogen-bond acceptors (Lipinski definition) is 2. The molecule has 0 aliphatic heterocycles.